The van der Waals surface area contributed by atoms with Gasteiger partial charge < -0.3 is 10.1 Å². The molecular weight excluding hydrogens is 140 g/mol. The Morgan fingerprint density at radius 1 is 1.64 bits per heavy atom. The molecule has 1 aliphatic rings. The Morgan fingerprint density at radius 3 is 3.18 bits per heavy atom. The van der Waals surface area contributed by atoms with Crippen molar-refractivity contribution in [2.24, 2.45) is 0 Å². The molecule has 0 aliphatic carbocycles. The molecule has 0 bridgehead atoms. The molecule has 3 heteroatoms. The van der Waals surface area contributed by atoms with E-state index in [9.17, 15) is 0 Å². The van der Waals surface area contributed by atoms with Gasteiger partial charge in [-0.3, -0.25) is 5.32 Å². The first-order chi connectivity index (χ1) is 5.43. The Kier molecular flexibility index (Phi) is 4.50. The smallest absolute Gasteiger partial charge is 0.120 e. The summed E-state index contributed by atoms with van der Waals surface area (Å²) in [5, 5.41) is 6.61. The number of unbranched alkanes of at least 4 members (excludes halogenated alkanes) is 1. The van der Waals surface area contributed by atoms with E-state index in [1.165, 1.54) is 12.8 Å². The molecule has 0 spiro atoms. The normalized spacial score (nSPS) is 25.4. The third-order valence-electron chi connectivity index (χ3n) is 1.83. The van der Waals surface area contributed by atoms with E-state index in [-0.39, 0.29) is 6.23 Å². The lowest BCUT2D eigenvalue weighted by Gasteiger charge is -2.24. The Hall–Kier alpha value is -0.120. The molecule has 66 valence electrons. The highest BCUT2D eigenvalue weighted by atomic mass is 16.5. The average Bonchev–Trinajstić information content (AvgIpc) is 2.07. The van der Waals surface area contributed by atoms with Gasteiger partial charge in [0, 0.05) is 13.1 Å². The maximum Gasteiger partial charge on any atom is 0.120 e. The minimum absolute atomic E-state index is 0.246. The largest absolute Gasteiger partial charge is 0.361 e. The van der Waals surface area contributed by atoms with Gasteiger partial charge in [-0.2, -0.15) is 0 Å². The van der Waals surface area contributed by atoms with Gasteiger partial charge in [0.2, 0.25) is 0 Å². The van der Waals surface area contributed by atoms with Crippen LogP contribution < -0.4 is 10.6 Å². The third kappa shape index (κ3) is 3.70. The Bertz CT molecular complexity index is 92.1. The highest BCUT2D eigenvalue weighted by Crippen LogP contribution is 1.92. The zero-order chi connectivity index (χ0) is 7.94. The second-order valence-corrected chi connectivity index (χ2v) is 2.87. The van der Waals surface area contributed by atoms with Crippen LogP contribution in [0.1, 0.15) is 19.8 Å². The maximum atomic E-state index is 5.45. The number of ether oxygens (including phenoxy) is 1. The van der Waals surface area contributed by atoms with Crippen LogP contribution in [-0.2, 0) is 4.74 Å². The summed E-state index contributed by atoms with van der Waals surface area (Å²) in [7, 11) is 0. The molecule has 1 rings (SSSR count). The molecule has 0 aromatic heterocycles. The van der Waals surface area contributed by atoms with Crippen LogP contribution >= 0.6 is 0 Å². The molecule has 0 radical (unpaired) electrons. The predicted octanol–water partition coefficient (Wildman–Crippen LogP) is 0.322. The van der Waals surface area contributed by atoms with E-state index in [1.807, 2.05) is 0 Å². The second-order valence-electron chi connectivity index (χ2n) is 2.87. The summed E-state index contributed by atoms with van der Waals surface area (Å²) in [6.07, 6.45) is 2.72. The van der Waals surface area contributed by atoms with Gasteiger partial charge in [-0.25, -0.2) is 0 Å². The summed E-state index contributed by atoms with van der Waals surface area (Å²) in [5.74, 6) is 0. The Balaban J connectivity index is 1.96. The van der Waals surface area contributed by atoms with Crippen molar-refractivity contribution in [2.45, 2.75) is 26.0 Å². The van der Waals surface area contributed by atoms with E-state index in [2.05, 4.69) is 17.6 Å². The molecular formula is C8H18N2O. The molecule has 1 unspecified atom stereocenters. The van der Waals surface area contributed by atoms with Crippen LogP contribution in [0.2, 0.25) is 0 Å². The van der Waals surface area contributed by atoms with Crippen molar-refractivity contribution in [3.63, 3.8) is 0 Å². The van der Waals surface area contributed by atoms with E-state index < -0.39 is 0 Å². The van der Waals surface area contributed by atoms with Gasteiger partial charge in [0.15, 0.2) is 0 Å². The van der Waals surface area contributed by atoms with Gasteiger partial charge in [0.05, 0.1) is 6.61 Å². The predicted molar refractivity (Wildman–Crippen MR) is 45.5 cm³/mol. The number of rotatable bonds is 4. The standard InChI is InChI=1S/C8H18N2O/c1-2-3-4-10-8-7-9-5-6-11-8/h8-10H,2-7H2,1H3. The molecule has 0 aromatic carbocycles. The van der Waals surface area contributed by atoms with Crippen LogP contribution in [0.5, 0.6) is 0 Å². The molecule has 1 aliphatic heterocycles. The minimum atomic E-state index is 0.246. The van der Waals surface area contributed by atoms with Crippen molar-refractivity contribution in [3.8, 4) is 0 Å². The molecule has 1 fully saturated rings. The molecule has 3 nitrogen and oxygen atoms in total. The quantitative estimate of drug-likeness (QED) is 0.578. The van der Waals surface area contributed by atoms with Gasteiger partial charge in [0.25, 0.3) is 0 Å². The van der Waals surface area contributed by atoms with E-state index in [0.29, 0.717) is 0 Å². The molecule has 2 N–H and O–H groups in total. The summed E-state index contributed by atoms with van der Waals surface area (Å²) >= 11 is 0. The maximum absolute atomic E-state index is 5.45. The molecule has 1 saturated heterocycles. The lowest BCUT2D eigenvalue weighted by Crippen LogP contribution is -2.47. The van der Waals surface area contributed by atoms with Gasteiger partial charge in [0.1, 0.15) is 6.23 Å². The van der Waals surface area contributed by atoms with Gasteiger partial charge >= 0.3 is 0 Å². The zero-order valence-electron chi connectivity index (χ0n) is 7.23. The van der Waals surface area contributed by atoms with Gasteiger partial charge in [-0.1, -0.05) is 13.3 Å². The summed E-state index contributed by atoms with van der Waals surface area (Å²) in [6, 6.07) is 0. The van der Waals surface area contributed by atoms with Gasteiger partial charge in [-0.15, -0.1) is 0 Å². The summed E-state index contributed by atoms with van der Waals surface area (Å²) in [4.78, 5) is 0. The molecule has 11 heavy (non-hydrogen) atoms. The summed E-state index contributed by atoms with van der Waals surface area (Å²) in [5.41, 5.74) is 0. The van der Waals surface area contributed by atoms with Crippen molar-refractivity contribution in [3.05, 3.63) is 0 Å². The number of hydrogen-bond donors (Lipinski definition) is 2. The topological polar surface area (TPSA) is 33.3 Å². The molecule has 0 aromatic rings. The monoisotopic (exact) mass is 158 g/mol. The Labute approximate surface area is 68.5 Å². The van der Waals surface area contributed by atoms with Crippen LogP contribution in [0, 0.1) is 0 Å². The van der Waals surface area contributed by atoms with E-state index in [4.69, 9.17) is 4.74 Å². The summed E-state index contributed by atoms with van der Waals surface area (Å²) in [6.45, 7) is 6.05. The van der Waals surface area contributed by atoms with Crippen molar-refractivity contribution in [1.29, 1.82) is 0 Å². The van der Waals surface area contributed by atoms with Crippen molar-refractivity contribution in [2.75, 3.05) is 26.2 Å². The lowest BCUT2D eigenvalue weighted by atomic mass is 10.3. The highest BCUT2D eigenvalue weighted by molar-refractivity contribution is 4.64. The fraction of sp³-hybridized carbons (Fsp3) is 1.00. The average molecular weight is 158 g/mol. The molecule has 1 heterocycles. The number of nitrogens with one attached hydrogen (secondary N) is 2. The van der Waals surface area contributed by atoms with Crippen LogP contribution in [0.15, 0.2) is 0 Å². The second kappa shape index (κ2) is 5.52. The van der Waals surface area contributed by atoms with Crippen molar-refractivity contribution >= 4 is 0 Å². The molecule has 1 atom stereocenters. The van der Waals surface area contributed by atoms with E-state index >= 15 is 0 Å². The van der Waals surface area contributed by atoms with Gasteiger partial charge in [-0.05, 0) is 13.0 Å². The lowest BCUT2D eigenvalue weighted by molar-refractivity contribution is 0.00710. The van der Waals surface area contributed by atoms with Crippen LogP contribution in [0.4, 0.5) is 0 Å². The van der Waals surface area contributed by atoms with Crippen molar-refractivity contribution in [1.82, 2.24) is 10.6 Å². The van der Waals surface area contributed by atoms with Crippen LogP contribution in [-0.4, -0.2) is 32.5 Å². The fourth-order valence-electron chi connectivity index (χ4n) is 1.14. The fourth-order valence-corrected chi connectivity index (χ4v) is 1.14. The minimum Gasteiger partial charge on any atom is -0.361 e. The Morgan fingerprint density at radius 2 is 2.55 bits per heavy atom. The first-order valence-corrected chi connectivity index (χ1v) is 4.49. The molecule has 0 saturated carbocycles. The first-order valence-electron chi connectivity index (χ1n) is 4.49. The number of morpholine rings is 1. The van der Waals surface area contributed by atoms with Crippen molar-refractivity contribution < 1.29 is 4.74 Å². The van der Waals surface area contributed by atoms with E-state index in [0.717, 1.165) is 26.2 Å². The van der Waals surface area contributed by atoms with E-state index in [1.54, 1.807) is 0 Å². The summed E-state index contributed by atoms with van der Waals surface area (Å²) < 4.78 is 5.45. The molecule has 0 amide bonds. The van der Waals surface area contributed by atoms with Crippen LogP contribution in [0.25, 0.3) is 0 Å². The highest BCUT2D eigenvalue weighted by Gasteiger charge is 2.10. The number of hydrogen-bond acceptors (Lipinski definition) is 3. The zero-order valence-corrected chi connectivity index (χ0v) is 7.23. The third-order valence-corrected chi connectivity index (χ3v) is 1.83. The first kappa shape index (κ1) is 8.97. The SMILES string of the molecule is CCCCNC1CNCCO1. The van der Waals surface area contributed by atoms with Crippen LogP contribution in [0.3, 0.4) is 0 Å².